The SMILES string of the molecule is CCCc1ccc(O[P+](O)(O)CCC)c(CCC)c1. The van der Waals surface area contributed by atoms with Crippen LogP contribution in [-0.4, -0.2) is 15.9 Å². The summed E-state index contributed by atoms with van der Waals surface area (Å²) >= 11 is 0. The van der Waals surface area contributed by atoms with Gasteiger partial charge in [-0.15, -0.1) is 0 Å². The summed E-state index contributed by atoms with van der Waals surface area (Å²) < 4.78 is 5.48. The van der Waals surface area contributed by atoms with E-state index < -0.39 is 7.94 Å². The van der Waals surface area contributed by atoms with Crippen molar-refractivity contribution in [3.8, 4) is 5.75 Å². The Hall–Kier alpha value is -0.630. The highest BCUT2D eigenvalue weighted by Crippen LogP contribution is 2.52. The Balaban J connectivity index is 2.92. The molecule has 19 heavy (non-hydrogen) atoms. The van der Waals surface area contributed by atoms with E-state index in [1.807, 2.05) is 19.1 Å². The quantitative estimate of drug-likeness (QED) is 0.706. The first-order chi connectivity index (χ1) is 9.02. The fraction of sp³-hybridized carbons (Fsp3) is 0.600. The Morgan fingerprint density at radius 1 is 1.00 bits per heavy atom. The van der Waals surface area contributed by atoms with Crippen molar-refractivity contribution < 1.29 is 14.3 Å². The summed E-state index contributed by atoms with van der Waals surface area (Å²) in [6.45, 7) is 6.19. The van der Waals surface area contributed by atoms with Crippen LogP contribution in [0, 0.1) is 0 Å². The van der Waals surface area contributed by atoms with E-state index in [9.17, 15) is 9.79 Å². The lowest BCUT2D eigenvalue weighted by Crippen LogP contribution is -2.06. The van der Waals surface area contributed by atoms with E-state index >= 15 is 0 Å². The number of aryl methyl sites for hydroxylation is 2. The molecule has 0 heterocycles. The van der Waals surface area contributed by atoms with Gasteiger partial charge in [0.05, 0.1) is 0 Å². The Morgan fingerprint density at radius 3 is 2.26 bits per heavy atom. The molecule has 0 fully saturated rings. The van der Waals surface area contributed by atoms with E-state index in [1.54, 1.807) is 0 Å². The van der Waals surface area contributed by atoms with Gasteiger partial charge in [-0.2, -0.15) is 9.79 Å². The van der Waals surface area contributed by atoms with E-state index in [0.29, 0.717) is 18.3 Å². The van der Waals surface area contributed by atoms with Gasteiger partial charge in [0.25, 0.3) is 0 Å². The van der Waals surface area contributed by atoms with Crippen molar-refractivity contribution in [2.75, 3.05) is 6.16 Å². The normalized spacial score (nSPS) is 11.6. The van der Waals surface area contributed by atoms with Gasteiger partial charge in [0.1, 0.15) is 6.16 Å². The van der Waals surface area contributed by atoms with E-state index in [4.69, 9.17) is 4.52 Å². The maximum Gasteiger partial charge on any atom is 0.451 e. The second-order valence-corrected chi connectivity index (χ2v) is 6.88. The standard InChI is InChI=1S/C15H26O3P/c1-4-7-13-9-10-15(14(12-13)8-5-2)18-19(16,17)11-6-3/h9-10,12,16-17H,4-8,11H2,1-3H3/q+1. The predicted octanol–water partition coefficient (Wildman–Crippen LogP) is 4.13. The largest absolute Gasteiger partial charge is 0.451 e. The molecule has 0 spiro atoms. The average molecular weight is 285 g/mol. The fourth-order valence-electron chi connectivity index (χ4n) is 2.13. The third-order valence-electron chi connectivity index (χ3n) is 2.94. The lowest BCUT2D eigenvalue weighted by Gasteiger charge is -2.14. The first kappa shape index (κ1) is 16.4. The van der Waals surface area contributed by atoms with Crippen LogP contribution in [0.4, 0.5) is 0 Å². The number of hydrogen-bond acceptors (Lipinski definition) is 3. The third kappa shape index (κ3) is 5.48. The summed E-state index contributed by atoms with van der Waals surface area (Å²) in [6.07, 6.45) is 5.09. The molecular weight excluding hydrogens is 259 g/mol. The van der Waals surface area contributed by atoms with Gasteiger partial charge in [-0.05, 0) is 30.9 Å². The molecule has 0 aliphatic rings. The third-order valence-corrected chi connectivity index (χ3v) is 4.46. The van der Waals surface area contributed by atoms with E-state index in [0.717, 1.165) is 31.2 Å². The molecule has 0 saturated carbocycles. The summed E-state index contributed by atoms with van der Waals surface area (Å²) in [5, 5.41) is 0. The molecule has 0 unspecified atom stereocenters. The van der Waals surface area contributed by atoms with Crippen LogP contribution in [0.2, 0.25) is 0 Å². The molecular formula is C15H26O3P+. The Bertz CT molecular complexity index is 391. The molecule has 0 radical (unpaired) electrons. The molecule has 1 aromatic rings. The van der Waals surface area contributed by atoms with Gasteiger partial charge in [0.2, 0.25) is 0 Å². The smallest absolute Gasteiger partial charge is 0.287 e. The van der Waals surface area contributed by atoms with Gasteiger partial charge in [-0.3, -0.25) is 4.52 Å². The van der Waals surface area contributed by atoms with Crippen LogP contribution in [0.15, 0.2) is 18.2 Å². The molecule has 2 N–H and O–H groups in total. The zero-order chi connectivity index (χ0) is 14.3. The number of hydrogen-bond donors (Lipinski definition) is 2. The number of benzene rings is 1. The second kappa shape index (κ2) is 7.84. The van der Waals surface area contributed by atoms with E-state index in [1.165, 1.54) is 5.56 Å². The van der Waals surface area contributed by atoms with Gasteiger partial charge >= 0.3 is 7.94 Å². The molecule has 0 aliphatic carbocycles. The molecule has 0 aliphatic heterocycles. The van der Waals surface area contributed by atoms with Crippen LogP contribution < -0.4 is 4.52 Å². The van der Waals surface area contributed by atoms with Crippen LogP contribution in [0.3, 0.4) is 0 Å². The highest BCUT2D eigenvalue weighted by Gasteiger charge is 2.36. The summed E-state index contributed by atoms with van der Waals surface area (Å²) in [5.41, 5.74) is 2.37. The molecule has 1 aromatic carbocycles. The molecule has 1 rings (SSSR count). The van der Waals surface area contributed by atoms with E-state index in [2.05, 4.69) is 19.9 Å². The summed E-state index contributed by atoms with van der Waals surface area (Å²) in [6, 6.07) is 6.03. The van der Waals surface area contributed by atoms with Crippen LogP contribution in [0.1, 0.15) is 51.2 Å². The average Bonchev–Trinajstić information content (AvgIpc) is 2.33. The highest BCUT2D eigenvalue weighted by atomic mass is 31.2. The fourth-order valence-corrected chi connectivity index (χ4v) is 3.29. The van der Waals surface area contributed by atoms with Crippen LogP contribution in [-0.2, 0) is 12.8 Å². The Kier molecular flexibility index (Phi) is 6.78. The molecule has 0 saturated heterocycles. The second-order valence-electron chi connectivity index (χ2n) is 4.92. The highest BCUT2D eigenvalue weighted by molar-refractivity contribution is 7.60. The maximum absolute atomic E-state index is 9.88. The lowest BCUT2D eigenvalue weighted by molar-refractivity contribution is 0.336. The molecule has 3 nitrogen and oxygen atoms in total. The van der Waals surface area contributed by atoms with Crippen molar-refractivity contribution >= 4 is 7.94 Å². The first-order valence-electron chi connectivity index (χ1n) is 7.17. The monoisotopic (exact) mass is 285 g/mol. The molecule has 4 heteroatoms. The Labute approximate surface area is 117 Å². The van der Waals surface area contributed by atoms with Gasteiger partial charge in [0, 0.05) is 5.56 Å². The van der Waals surface area contributed by atoms with Gasteiger partial charge in [0.15, 0.2) is 5.75 Å². The first-order valence-corrected chi connectivity index (χ1v) is 8.97. The minimum absolute atomic E-state index is 0.315. The lowest BCUT2D eigenvalue weighted by atomic mass is 10.0. The molecule has 0 bridgehead atoms. The minimum Gasteiger partial charge on any atom is -0.287 e. The van der Waals surface area contributed by atoms with Crippen molar-refractivity contribution in [2.24, 2.45) is 0 Å². The topological polar surface area (TPSA) is 49.7 Å². The zero-order valence-electron chi connectivity index (χ0n) is 12.2. The minimum atomic E-state index is -3.25. The van der Waals surface area contributed by atoms with Crippen molar-refractivity contribution in [2.45, 2.75) is 52.9 Å². The summed E-state index contributed by atoms with van der Waals surface area (Å²) in [7, 11) is -3.25. The maximum atomic E-state index is 9.88. The van der Waals surface area contributed by atoms with Crippen LogP contribution in [0.25, 0.3) is 0 Å². The van der Waals surface area contributed by atoms with Crippen molar-refractivity contribution in [1.29, 1.82) is 0 Å². The van der Waals surface area contributed by atoms with Gasteiger partial charge in [-0.25, -0.2) is 0 Å². The van der Waals surface area contributed by atoms with Crippen LogP contribution >= 0.6 is 7.94 Å². The van der Waals surface area contributed by atoms with Crippen molar-refractivity contribution in [3.63, 3.8) is 0 Å². The van der Waals surface area contributed by atoms with Gasteiger partial charge < -0.3 is 0 Å². The van der Waals surface area contributed by atoms with Gasteiger partial charge in [-0.1, -0.05) is 45.7 Å². The Morgan fingerprint density at radius 2 is 1.68 bits per heavy atom. The number of rotatable bonds is 8. The molecule has 0 amide bonds. The summed E-state index contributed by atoms with van der Waals surface area (Å²) in [5.74, 6) is 0.633. The van der Waals surface area contributed by atoms with Crippen molar-refractivity contribution in [3.05, 3.63) is 29.3 Å². The van der Waals surface area contributed by atoms with Crippen molar-refractivity contribution in [1.82, 2.24) is 0 Å². The van der Waals surface area contributed by atoms with E-state index in [-0.39, 0.29) is 0 Å². The predicted molar refractivity (Wildman–Crippen MR) is 81.6 cm³/mol. The van der Waals surface area contributed by atoms with Crippen LogP contribution in [0.5, 0.6) is 5.75 Å². The molecule has 0 aromatic heterocycles. The summed E-state index contributed by atoms with van der Waals surface area (Å²) in [4.78, 5) is 19.8. The molecule has 0 atom stereocenters. The molecule has 108 valence electrons. The zero-order valence-corrected chi connectivity index (χ0v) is 13.1.